The number of carbonyl (C=O) groups excluding carboxylic acids is 1. The number of nitrogens with zero attached hydrogens (tertiary/aromatic N) is 1. The Morgan fingerprint density at radius 2 is 2.05 bits per heavy atom. The number of carbonyl (C=O) groups is 1. The first-order chi connectivity index (χ1) is 9.08. The molecule has 1 saturated heterocycles. The fourth-order valence-corrected chi connectivity index (χ4v) is 3.32. The molecule has 1 amide bonds. The van der Waals surface area contributed by atoms with E-state index >= 15 is 0 Å². The van der Waals surface area contributed by atoms with Crippen molar-refractivity contribution in [3.8, 4) is 0 Å². The molecule has 1 aliphatic rings. The molecule has 3 nitrogen and oxygen atoms in total. The van der Waals surface area contributed by atoms with Crippen molar-refractivity contribution in [1.29, 1.82) is 0 Å². The first-order valence-electron chi connectivity index (χ1n) is 6.58. The molecule has 1 heterocycles. The summed E-state index contributed by atoms with van der Waals surface area (Å²) in [5.74, 6) is 0.186. The third kappa shape index (κ3) is 3.99. The van der Waals surface area contributed by atoms with Crippen molar-refractivity contribution in [3.05, 3.63) is 26.8 Å². The summed E-state index contributed by atoms with van der Waals surface area (Å²) < 4.78 is 1.03. The van der Waals surface area contributed by atoms with Crippen molar-refractivity contribution in [2.75, 3.05) is 18.4 Å². The zero-order valence-electron chi connectivity index (χ0n) is 11.0. The zero-order valence-corrected chi connectivity index (χ0v) is 13.9. The molecule has 5 heteroatoms. The topological polar surface area (TPSA) is 32.3 Å². The standard InChI is InChI=1S/C14H18ClIN2O/c1-10(14(19)18-7-3-2-4-8-18)17-13-6-5-11(15)9-12(13)16/h5-6,9-10,17H,2-4,7-8H2,1H3. The van der Waals surface area contributed by atoms with E-state index in [1.54, 1.807) is 0 Å². The number of amides is 1. The number of halogens is 2. The largest absolute Gasteiger partial charge is 0.373 e. The minimum atomic E-state index is -0.201. The molecule has 0 radical (unpaired) electrons. The van der Waals surface area contributed by atoms with Gasteiger partial charge >= 0.3 is 0 Å². The molecule has 1 fully saturated rings. The van der Waals surface area contributed by atoms with E-state index in [0.717, 1.165) is 35.2 Å². The molecule has 0 bridgehead atoms. The first-order valence-corrected chi connectivity index (χ1v) is 8.04. The molecule has 1 N–H and O–H groups in total. The molecule has 0 saturated carbocycles. The minimum absolute atomic E-state index is 0.186. The molecule has 104 valence electrons. The zero-order chi connectivity index (χ0) is 13.8. The minimum Gasteiger partial charge on any atom is -0.373 e. The molecular formula is C14H18ClIN2O. The van der Waals surface area contributed by atoms with Crippen LogP contribution in [-0.4, -0.2) is 29.9 Å². The summed E-state index contributed by atoms with van der Waals surface area (Å²) in [6, 6.07) is 5.45. The molecule has 2 rings (SSSR count). The van der Waals surface area contributed by atoms with E-state index in [1.165, 1.54) is 6.42 Å². The Bertz CT molecular complexity index is 461. The Kier molecular flexibility index (Phi) is 5.33. The summed E-state index contributed by atoms with van der Waals surface area (Å²) in [4.78, 5) is 14.3. The second kappa shape index (κ2) is 6.79. The van der Waals surface area contributed by atoms with Crippen LogP contribution in [0.4, 0.5) is 5.69 Å². The molecule has 1 aromatic rings. The van der Waals surface area contributed by atoms with Gasteiger partial charge in [-0.2, -0.15) is 0 Å². The van der Waals surface area contributed by atoms with E-state index in [0.29, 0.717) is 5.02 Å². The number of hydrogen-bond acceptors (Lipinski definition) is 2. The predicted octanol–water partition coefficient (Wildman–Crippen LogP) is 3.76. The van der Waals surface area contributed by atoms with Gasteiger partial charge in [-0.05, 0) is 67.0 Å². The van der Waals surface area contributed by atoms with Gasteiger partial charge < -0.3 is 10.2 Å². The van der Waals surface area contributed by atoms with Crippen LogP contribution in [0.2, 0.25) is 5.02 Å². The number of rotatable bonds is 3. The van der Waals surface area contributed by atoms with E-state index in [9.17, 15) is 4.79 Å². The maximum Gasteiger partial charge on any atom is 0.244 e. The average Bonchev–Trinajstić information content (AvgIpc) is 2.42. The third-order valence-electron chi connectivity index (χ3n) is 3.34. The monoisotopic (exact) mass is 392 g/mol. The summed E-state index contributed by atoms with van der Waals surface area (Å²) in [5.41, 5.74) is 0.961. The number of benzene rings is 1. The predicted molar refractivity (Wildman–Crippen MR) is 87.7 cm³/mol. The van der Waals surface area contributed by atoms with Gasteiger partial charge in [0.05, 0.1) is 0 Å². The molecule has 0 aromatic heterocycles. The Hall–Kier alpha value is -0.490. The van der Waals surface area contributed by atoms with Gasteiger partial charge in [-0.25, -0.2) is 0 Å². The molecule has 1 unspecified atom stereocenters. The Labute approximate surface area is 132 Å². The molecular weight excluding hydrogens is 375 g/mol. The van der Waals surface area contributed by atoms with Crippen molar-refractivity contribution in [1.82, 2.24) is 4.90 Å². The fraction of sp³-hybridized carbons (Fsp3) is 0.500. The average molecular weight is 393 g/mol. The van der Waals surface area contributed by atoms with Gasteiger partial charge in [0.2, 0.25) is 5.91 Å². The van der Waals surface area contributed by atoms with E-state index < -0.39 is 0 Å². The van der Waals surface area contributed by atoms with Gasteiger partial charge in [0.1, 0.15) is 6.04 Å². The van der Waals surface area contributed by atoms with Gasteiger partial charge in [0.25, 0.3) is 0 Å². The third-order valence-corrected chi connectivity index (χ3v) is 4.47. The number of likely N-dealkylation sites (tertiary alicyclic amines) is 1. The van der Waals surface area contributed by atoms with Crippen LogP contribution in [0.5, 0.6) is 0 Å². The van der Waals surface area contributed by atoms with Crippen molar-refractivity contribution < 1.29 is 4.79 Å². The van der Waals surface area contributed by atoms with Crippen LogP contribution in [0.3, 0.4) is 0 Å². The first kappa shape index (κ1) is 14.9. The lowest BCUT2D eigenvalue weighted by molar-refractivity contribution is -0.132. The van der Waals surface area contributed by atoms with Gasteiger partial charge in [-0.15, -0.1) is 0 Å². The summed E-state index contributed by atoms with van der Waals surface area (Å²) in [6.45, 7) is 3.70. The molecule has 1 aliphatic heterocycles. The van der Waals surface area contributed by atoms with Crippen LogP contribution in [0, 0.1) is 3.57 Å². The Balaban J connectivity index is 1.99. The van der Waals surface area contributed by atoms with Gasteiger partial charge in [0, 0.05) is 27.4 Å². The van der Waals surface area contributed by atoms with Crippen LogP contribution in [0.25, 0.3) is 0 Å². The second-order valence-electron chi connectivity index (χ2n) is 4.88. The SMILES string of the molecule is CC(Nc1ccc(Cl)cc1I)C(=O)N1CCCCC1. The molecule has 0 spiro atoms. The highest BCUT2D eigenvalue weighted by atomic mass is 127. The lowest BCUT2D eigenvalue weighted by Crippen LogP contribution is -2.44. The summed E-state index contributed by atoms with van der Waals surface area (Å²) in [7, 11) is 0. The summed E-state index contributed by atoms with van der Waals surface area (Å²) in [5, 5.41) is 3.99. The van der Waals surface area contributed by atoms with Crippen LogP contribution in [0.15, 0.2) is 18.2 Å². The molecule has 0 aliphatic carbocycles. The maximum atomic E-state index is 12.3. The van der Waals surface area contributed by atoms with Crippen LogP contribution >= 0.6 is 34.2 Å². The molecule has 19 heavy (non-hydrogen) atoms. The number of anilines is 1. The lowest BCUT2D eigenvalue weighted by atomic mass is 10.1. The summed E-state index contributed by atoms with van der Waals surface area (Å²) in [6.07, 6.45) is 3.48. The van der Waals surface area contributed by atoms with E-state index in [-0.39, 0.29) is 11.9 Å². The van der Waals surface area contributed by atoms with Crippen LogP contribution in [0.1, 0.15) is 26.2 Å². The lowest BCUT2D eigenvalue weighted by Gasteiger charge is -2.30. The number of piperidine rings is 1. The van der Waals surface area contributed by atoms with Gasteiger partial charge in [-0.1, -0.05) is 11.6 Å². The Morgan fingerprint density at radius 1 is 1.37 bits per heavy atom. The number of nitrogens with one attached hydrogen (secondary N) is 1. The summed E-state index contributed by atoms with van der Waals surface area (Å²) >= 11 is 8.16. The Morgan fingerprint density at radius 3 is 2.68 bits per heavy atom. The highest BCUT2D eigenvalue weighted by Crippen LogP contribution is 2.23. The van der Waals surface area contributed by atoms with Crippen molar-refractivity contribution >= 4 is 45.8 Å². The quantitative estimate of drug-likeness (QED) is 0.795. The van der Waals surface area contributed by atoms with Crippen LogP contribution < -0.4 is 5.32 Å². The fourth-order valence-electron chi connectivity index (χ4n) is 2.29. The molecule has 1 aromatic carbocycles. The smallest absolute Gasteiger partial charge is 0.244 e. The van der Waals surface area contributed by atoms with Crippen molar-refractivity contribution in [2.24, 2.45) is 0 Å². The van der Waals surface area contributed by atoms with Crippen molar-refractivity contribution in [2.45, 2.75) is 32.2 Å². The van der Waals surface area contributed by atoms with Crippen molar-refractivity contribution in [3.63, 3.8) is 0 Å². The second-order valence-corrected chi connectivity index (χ2v) is 6.47. The highest BCUT2D eigenvalue weighted by molar-refractivity contribution is 14.1. The normalized spacial score (nSPS) is 17.1. The van der Waals surface area contributed by atoms with Crippen LogP contribution in [-0.2, 0) is 4.79 Å². The number of hydrogen-bond donors (Lipinski definition) is 1. The van der Waals surface area contributed by atoms with Gasteiger partial charge in [-0.3, -0.25) is 4.79 Å². The van der Waals surface area contributed by atoms with Gasteiger partial charge in [0.15, 0.2) is 0 Å². The highest BCUT2D eigenvalue weighted by Gasteiger charge is 2.22. The van der Waals surface area contributed by atoms with E-state index in [2.05, 4.69) is 27.9 Å². The van der Waals surface area contributed by atoms with E-state index in [4.69, 9.17) is 11.6 Å². The van der Waals surface area contributed by atoms with E-state index in [1.807, 2.05) is 30.0 Å². The molecule has 1 atom stereocenters. The maximum absolute atomic E-state index is 12.3.